The molecule has 0 bridgehead atoms. The molecule has 18 heavy (non-hydrogen) atoms. The lowest BCUT2D eigenvalue weighted by Crippen LogP contribution is -2.47. The molecule has 0 fully saturated rings. The maximum Gasteiger partial charge on any atom is 0.115 e. The number of hydrogen-bond donors (Lipinski definition) is 0. The first-order valence-electron chi connectivity index (χ1n) is 7.11. The van der Waals surface area contributed by atoms with E-state index in [1.807, 2.05) is 0 Å². The smallest absolute Gasteiger partial charge is 0.115 e. The Balaban J connectivity index is 5.01. The van der Waals surface area contributed by atoms with Gasteiger partial charge in [-0.15, -0.1) is 6.58 Å². The fourth-order valence-electron chi connectivity index (χ4n) is 3.46. The lowest BCUT2D eigenvalue weighted by Gasteiger charge is -2.44. The van der Waals surface area contributed by atoms with Crippen LogP contribution in [0.4, 0.5) is 4.39 Å². The van der Waals surface area contributed by atoms with E-state index < -0.39 is 8.07 Å². The molecular formula is C15H31FOSi. The second kappa shape index (κ2) is 8.11. The van der Waals surface area contributed by atoms with Crippen molar-refractivity contribution in [1.29, 1.82) is 0 Å². The van der Waals surface area contributed by atoms with Crippen LogP contribution in [0.3, 0.4) is 0 Å². The van der Waals surface area contributed by atoms with E-state index in [9.17, 15) is 4.39 Å². The van der Waals surface area contributed by atoms with Crippen LogP contribution in [0.25, 0.3) is 0 Å². The number of halogens is 1. The van der Waals surface area contributed by atoms with Crippen LogP contribution in [0, 0.1) is 0 Å². The Hall–Kier alpha value is -0.153. The SMILES string of the molecule is C=CCOC(CF)C[Si](C(C)C)(C(C)C)C(C)C. The third-order valence-electron chi connectivity index (χ3n) is 4.43. The fourth-order valence-corrected chi connectivity index (χ4v) is 9.89. The quantitative estimate of drug-likeness (QED) is 0.414. The molecule has 3 heteroatoms. The van der Waals surface area contributed by atoms with E-state index in [0.717, 1.165) is 6.04 Å². The maximum atomic E-state index is 13.2. The van der Waals surface area contributed by atoms with E-state index >= 15 is 0 Å². The van der Waals surface area contributed by atoms with E-state index in [2.05, 4.69) is 48.1 Å². The molecule has 0 aliphatic rings. The van der Waals surface area contributed by atoms with E-state index in [1.165, 1.54) is 0 Å². The molecule has 0 spiro atoms. The summed E-state index contributed by atoms with van der Waals surface area (Å²) in [6, 6.07) is 0.921. The molecule has 0 saturated heterocycles. The molecule has 0 aliphatic carbocycles. The molecule has 0 aromatic heterocycles. The highest BCUT2D eigenvalue weighted by atomic mass is 28.3. The van der Waals surface area contributed by atoms with Crippen molar-refractivity contribution in [2.24, 2.45) is 0 Å². The molecule has 1 atom stereocenters. The van der Waals surface area contributed by atoms with Gasteiger partial charge in [0.15, 0.2) is 0 Å². The van der Waals surface area contributed by atoms with Crippen molar-refractivity contribution >= 4 is 8.07 Å². The molecule has 0 amide bonds. The molecule has 1 nitrogen and oxygen atoms in total. The van der Waals surface area contributed by atoms with Gasteiger partial charge in [0, 0.05) is 0 Å². The highest BCUT2D eigenvalue weighted by Gasteiger charge is 2.44. The number of alkyl halides is 1. The van der Waals surface area contributed by atoms with Gasteiger partial charge in [0.25, 0.3) is 0 Å². The summed E-state index contributed by atoms with van der Waals surface area (Å²) in [5.74, 6) is 0. The molecule has 0 aliphatic heterocycles. The van der Waals surface area contributed by atoms with E-state index in [-0.39, 0.29) is 12.8 Å². The van der Waals surface area contributed by atoms with Gasteiger partial charge in [-0.25, -0.2) is 4.39 Å². The topological polar surface area (TPSA) is 9.23 Å². The van der Waals surface area contributed by atoms with Crippen molar-refractivity contribution in [1.82, 2.24) is 0 Å². The van der Waals surface area contributed by atoms with Crippen LogP contribution in [0.2, 0.25) is 22.7 Å². The van der Waals surface area contributed by atoms with Gasteiger partial charge in [0.05, 0.1) is 20.8 Å². The molecule has 0 aromatic rings. The van der Waals surface area contributed by atoms with Crippen LogP contribution >= 0.6 is 0 Å². The summed E-state index contributed by atoms with van der Waals surface area (Å²) < 4.78 is 18.8. The molecule has 0 rings (SSSR count). The van der Waals surface area contributed by atoms with Crippen molar-refractivity contribution in [2.45, 2.75) is 70.3 Å². The minimum Gasteiger partial charge on any atom is -0.372 e. The van der Waals surface area contributed by atoms with Crippen molar-refractivity contribution in [3.8, 4) is 0 Å². The van der Waals surface area contributed by atoms with Gasteiger partial charge in [-0.2, -0.15) is 0 Å². The summed E-state index contributed by atoms with van der Waals surface area (Å²) in [4.78, 5) is 0. The summed E-state index contributed by atoms with van der Waals surface area (Å²) in [5, 5.41) is 0. The van der Waals surface area contributed by atoms with E-state index in [4.69, 9.17) is 4.74 Å². The molecular weight excluding hydrogens is 243 g/mol. The molecule has 1 unspecified atom stereocenters. The van der Waals surface area contributed by atoms with Crippen molar-refractivity contribution < 1.29 is 9.13 Å². The number of hydrogen-bond acceptors (Lipinski definition) is 1. The van der Waals surface area contributed by atoms with Gasteiger partial charge < -0.3 is 4.74 Å². The van der Waals surface area contributed by atoms with Crippen LogP contribution in [0.5, 0.6) is 0 Å². The summed E-state index contributed by atoms with van der Waals surface area (Å²) in [7, 11) is -1.56. The van der Waals surface area contributed by atoms with Gasteiger partial charge in [-0.3, -0.25) is 0 Å². The summed E-state index contributed by atoms with van der Waals surface area (Å²) >= 11 is 0. The normalized spacial score (nSPS) is 14.6. The molecule has 108 valence electrons. The van der Waals surface area contributed by atoms with Crippen molar-refractivity contribution in [3.63, 3.8) is 0 Å². The van der Waals surface area contributed by atoms with Crippen LogP contribution in [-0.4, -0.2) is 27.5 Å². The standard InChI is InChI=1S/C15H31FOSi/c1-8-9-17-15(10-16)11-18(12(2)3,13(4)5)14(6)7/h8,12-15H,1,9-11H2,2-7H3. The van der Waals surface area contributed by atoms with Gasteiger partial charge in [0.1, 0.15) is 6.67 Å². The van der Waals surface area contributed by atoms with E-state index in [0.29, 0.717) is 23.2 Å². The van der Waals surface area contributed by atoms with E-state index in [1.54, 1.807) is 6.08 Å². The third kappa shape index (κ3) is 4.20. The minimum absolute atomic E-state index is 0.248. The highest BCUT2D eigenvalue weighted by Crippen LogP contribution is 2.45. The third-order valence-corrected chi connectivity index (χ3v) is 12.0. The predicted molar refractivity (Wildman–Crippen MR) is 81.8 cm³/mol. The molecule has 0 radical (unpaired) electrons. The lowest BCUT2D eigenvalue weighted by molar-refractivity contribution is 0.0663. The van der Waals surface area contributed by atoms with Crippen LogP contribution in [0.1, 0.15) is 41.5 Å². The predicted octanol–water partition coefficient (Wildman–Crippen LogP) is 5.21. The fraction of sp³-hybridized carbons (Fsp3) is 0.867. The molecule has 0 aromatic carbocycles. The monoisotopic (exact) mass is 274 g/mol. The second-order valence-corrected chi connectivity index (χ2v) is 12.3. The molecule has 0 saturated carbocycles. The largest absolute Gasteiger partial charge is 0.372 e. The Kier molecular flexibility index (Phi) is 8.04. The number of rotatable bonds is 9. The Bertz CT molecular complexity index is 217. The highest BCUT2D eigenvalue weighted by molar-refractivity contribution is 6.83. The van der Waals surface area contributed by atoms with Crippen LogP contribution < -0.4 is 0 Å². The van der Waals surface area contributed by atoms with Gasteiger partial charge in [0.2, 0.25) is 0 Å². The average molecular weight is 274 g/mol. The van der Waals surface area contributed by atoms with Gasteiger partial charge >= 0.3 is 0 Å². The first-order valence-corrected chi connectivity index (χ1v) is 9.55. The molecule has 0 heterocycles. The van der Waals surface area contributed by atoms with Crippen LogP contribution in [0.15, 0.2) is 12.7 Å². The Labute approximate surface area is 114 Å². The Morgan fingerprint density at radius 1 is 1.06 bits per heavy atom. The van der Waals surface area contributed by atoms with Gasteiger partial charge in [-0.1, -0.05) is 64.2 Å². The van der Waals surface area contributed by atoms with Crippen LogP contribution in [-0.2, 0) is 4.74 Å². The summed E-state index contributed by atoms with van der Waals surface area (Å²) in [6.45, 7) is 17.5. The first-order chi connectivity index (χ1) is 8.32. The summed E-state index contributed by atoms with van der Waals surface area (Å²) in [5.41, 5.74) is 1.96. The summed E-state index contributed by atoms with van der Waals surface area (Å²) in [6.07, 6.45) is 1.45. The lowest BCUT2D eigenvalue weighted by atomic mass is 10.4. The second-order valence-electron chi connectivity index (χ2n) is 6.18. The number of ether oxygens (including phenoxy) is 1. The minimum atomic E-state index is -1.56. The molecule has 0 N–H and O–H groups in total. The van der Waals surface area contributed by atoms with Crippen molar-refractivity contribution in [2.75, 3.05) is 13.3 Å². The zero-order chi connectivity index (χ0) is 14.3. The van der Waals surface area contributed by atoms with Crippen molar-refractivity contribution in [3.05, 3.63) is 12.7 Å². The Morgan fingerprint density at radius 2 is 1.50 bits per heavy atom. The first kappa shape index (κ1) is 17.8. The zero-order valence-electron chi connectivity index (χ0n) is 13.0. The van der Waals surface area contributed by atoms with Gasteiger partial charge in [-0.05, 0) is 6.04 Å². The average Bonchev–Trinajstić information content (AvgIpc) is 2.28. The Morgan fingerprint density at radius 3 is 1.78 bits per heavy atom. The zero-order valence-corrected chi connectivity index (χ0v) is 14.0. The maximum absolute atomic E-state index is 13.2.